The highest BCUT2D eigenvalue weighted by Crippen LogP contribution is 2.36. The summed E-state index contributed by atoms with van der Waals surface area (Å²) in [7, 11) is 0. The number of carboxylic acid groups (broad SMARTS) is 1. The second-order valence-electron chi connectivity index (χ2n) is 25.1. The fraction of sp³-hybridized carbons (Fsp3) is 0.382. The Hall–Kier alpha value is -10.3. The lowest BCUT2D eigenvalue weighted by Crippen LogP contribution is -2.63. The summed E-state index contributed by atoms with van der Waals surface area (Å²) < 4.78 is 29.6. The number of amides is 10. The molecule has 2 aliphatic heterocycles. The topological polar surface area (TPSA) is 414 Å². The molecule has 522 valence electrons. The van der Waals surface area contributed by atoms with Crippen molar-refractivity contribution in [2.45, 2.75) is 136 Å². The van der Waals surface area contributed by atoms with Crippen LogP contribution in [0.4, 0.5) is 8.78 Å². The summed E-state index contributed by atoms with van der Waals surface area (Å²) in [6.07, 6.45) is 4.39. The molecule has 0 radical (unpaired) electrons. The first kappa shape index (κ1) is 71.5. The van der Waals surface area contributed by atoms with Crippen molar-refractivity contribution in [3.8, 4) is 5.75 Å². The van der Waals surface area contributed by atoms with Crippen LogP contribution in [0.5, 0.6) is 5.75 Å². The van der Waals surface area contributed by atoms with Crippen LogP contribution in [-0.2, 0) is 89.9 Å². The smallest absolute Gasteiger partial charge is 0.305 e. The van der Waals surface area contributed by atoms with Gasteiger partial charge in [-0.05, 0) is 122 Å². The normalized spacial score (nSPS) is 23.1. The Bertz CT molecular complexity index is 4190. The number of primary amides is 1. The molecule has 3 aliphatic rings. The van der Waals surface area contributed by atoms with Crippen molar-refractivity contribution in [2.75, 3.05) is 24.6 Å². The summed E-state index contributed by atoms with van der Waals surface area (Å²) in [6, 6.07) is 11.5. The number of aromatic nitrogens is 4. The van der Waals surface area contributed by atoms with E-state index < -0.39 is 150 Å². The molecule has 4 aromatic carbocycles. The number of nitrogens with two attached hydrogens (primary N) is 1. The number of nitrogens with one attached hydrogen (secondary N) is 11. The fourth-order valence-electron chi connectivity index (χ4n) is 12.2. The van der Waals surface area contributed by atoms with E-state index in [9.17, 15) is 62.1 Å². The number of carbonyl (C=O) groups is 11. The summed E-state index contributed by atoms with van der Waals surface area (Å²) in [5.74, 6) is -10.2. The van der Waals surface area contributed by atoms with Gasteiger partial charge in [-0.1, -0.05) is 36.4 Å². The highest BCUT2D eigenvalue weighted by molar-refractivity contribution is 7.98. The van der Waals surface area contributed by atoms with E-state index in [4.69, 9.17) is 5.73 Å². The molecule has 3 aromatic heterocycles. The zero-order chi connectivity index (χ0) is 70.5. The molecule has 5 heterocycles. The number of carboxylic acids is 1. The predicted octanol–water partition coefficient (Wildman–Crippen LogP) is 2.60. The number of aromatic hydroxyl groups is 1. The second-order valence-corrected chi connectivity index (χ2v) is 27.2. The third-order valence-electron chi connectivity index (χ3n) is 17.8. The van der Waals surface area contributed by atoms with Crippen LogP contribution in [0.25, 0.3) is 21.8 Å². The lowest BCUT2D eigenvalue weighted by atomic mass is 9.95. The molecule has 15 N–H and O–H groups in total. The first-order chi connectivity index (χ1) is 47.4. The molecule has 10 rings (SSSR count). The number of aliphatic carboxylic acids is 1. The van der Waals surface area contributed by atoms with Crippen molar-refractivity contribution < 1.29 is 71.7 Å². The summed E-state index contributed by atoms with van der Waals surface area (Å²) >= 11 is 2.81. The molecule has 31 heteroatoms. The van der Waals surface area contributed by atoms with E-state index in [1.807, 2.05) is 24.3 Å². The number of rotatable bonds is 12. The third-order valence-corrected chi connectivity index (χ3v) is 19.9. The number of fused-ring (bicyclic) bond motifs is 5. The standard InChI is InChI=1S/C68H76F2N14O13S2/c1-67-17-3-20-84(67)64(95)54(23-37-6-11-45(85)12-7-37)81-62(93)52(27-44-31-72-36-76-44)79-63(94)53(28-58(88)89)80-61(92)51(24-41-30-74-49-15-10-43(70)26-47(41)49)78-60(91)50(13-8-40-29-73-48-14-9-42(69)25-46(40)48)77-57(87)32-75-66(97)68(18-19-68)83-56(86)16-21-98-33-38-4-2-5-39(22-38)34-99-35-55(59(71)90)82-65(67)96/h2,4-7,9-12,14-15,22,25-26,29-31,36,50-55,73-74,85H,3,8,13,16-21,23-24,27-28,32-35H2,1H3,(H2,71,90)(H,72,76)(H,75,97)(H,77,87)(H,78,91)(H,79,94)(H,80,92)(H,81,93)(H,82,96)(H,83,86)(H,88,89)/t50-,51-,52-,53-,54-,55-,67-/m0/s1. The molecular weight excluding hydrogens is 1320 g/mol. The molecule has 1 spiro atoms. The van der Waals surface area contributed by atoms with Crippen molar-refractivity contribution >= 4 is 110 Å². The maximum absolute atomic E-state index is 15.2. The Kier molecular flexibility index (Phi) is 23.0. The van der Waals surface area contributed by atoms with Gasteiger partial charge in [-0.2, -0.15) is 23.5 Å². The van der Waals surface area contributed by atoms with E-state index in [1.54, 1.807) is 6.20 Å². The van der Waals surface area contributed by atoms with Crippen LogP contribution in [0.15, 0.2) is 110 Å². The highest BCUT2D eigenvalue weighted by Gasteiger charge is 2.51. The Morgan fingerprint density at radius 2 is 1.28 bits per heavy atom. The van der Waals surface area contributed by atoms with Gasteiger partial charge in [0.05, 0.1) is 25.0 Å². The van der Waals surface area contributed by atoms with E-state index in [2.05, 4.69) is 62.5 Å². The molecule has 1 saturated carbocycles. The van der Waals surface area contributed by atoms with Crippen LogP contribution in [0.2, 0.25) is 0 Å². The van der Waals surface area contributed by atoms with Gasteiger partial charge in [-0.3, -0.25) is 52.7 Å². The van der Waals surface area contributed by atoms with Crippen LogP contribution >= 0.6 is 23.5 Å². The minimum atomic E-state index is -2.03. The Balaban J connectivity index is 0.968. The van der Waals surface area contributed by atoms with Crippen molar-refractivity contribution in [1.82, 2.24) is 67.4 Å². The molecule has 99 heavy (non-hydrogen) atoms. The van der Waals surface area contributed by atoms with Gasteiger partial charge in [0.1, 0.15) is 64.7 Å². The number of aromatic amines is 3. The van der Waals surface area contributed by atoms with Gasteiger partial charge in [0.25, 0.3) is 0 Å². The van der Waals surface area contributed by atoms with E-state index >= 15 is 9.59 Å². The molecule has 2 fully saturated rings. The van der Waals surface area contributed by atoms with Gasteiger partial charge < -0.3 is 78.3 Å². The summed E-state index contributed by atoms with van der Waals surface area (Å²) in [6.45, 7) is 0.861. The largest absolute Gasteiger partial charge is 0.508 e. The van der Waals surface area contributed by atoms with Crippen LogP contribution < -0.4 is 48.3 Å². The number of hydrogen-bond donors (Lipinski definition) is 14. The number of benzene rings is 4. The molecule has 0 unspecified atom stereocenters. The number of aryl methyl sites for hydroxylation is 1. The van der Waals surface area contributed by atoms with Crippen molar-refractivity contribution in [2.24, 2.45) is 5.73 Å². The number of phenolic OH excluding ortho intramolecular Hbond substituents is 1. The number of nitrogens with zero attached hydrogens (tertiary/aromatic N) is 2. The number of phenols is 1. The van der Waals surface area contributed by atoms with Crippen LogP contribution in [0, 0.1) is 11.6 Å². The molecule has 2 bridgehead atoms. The van der Waals surface area contributed by atoms with Gasteiger partial charge in [0, 0.05) is 95.6 Å². The molecule has 1 saturated heterocycles. The maximum Gasteiger partial charge on any atom is 0.305 e. The molecule has 7 aromatic rings. The molecule has 1 aliphatic carbocycles. The average molecular weight is 1400 g/mol. The van der Waals surface area contributed by atoms with Gasteiger partial charge in [-0.15, -0.1) is 0 Å². The van der Waals surface area contributed by atoms with E-state index in [0.29, 0.717) is 51.2 Å². The van der Waals surface area contributed by atoms with E-state index in [0.717, 1.165) is 11.1 Å². The van der Waals surface area contributed by atoms with Crippen molar-refractivity contribution in [1.29, 1.82) is 0 Å². The Labute approximate surface area is 574 Å². The number of hydrogen-bond acceptors (Lipinski definition) is 15. The third kappa shape index (κ3) is 18.5. The van der Waals surface area contributed by atoms with Gasteiger partial charge >= 0.3 is 5.97 Å². The quantitative estimate of drug-likeness (QED) is 0.0836. The van der Waals surface area contributed by atoms with E-state index in [1.165, 1.54) is 115 Å². The SMILES string of the molecule is C[C@@]12CCCN1C(=O)[C@H](Cc1ccc(O)cc1)NC(=O)[C@H](Cc1c[nH]cn1)NC(=O)[C@H](CC(=O)O)NC(=O)[C@H](Cc1c[nH]c3ccc(F)cc13)NC(=O)[C@H](CCc1c[nH]c3ccc(F)cc13)NC(=O)CNC(=O)C1(CC1)NC(=O)CCSCc1cccc(c1)CSC[C@@H](C(N)=O)NC2=O. The number of halogens is 2. The number of imidazole rings is 1. The predicted molar refractivity (Wildman–Crippen MR) is 362 cm³/mol. The maximum atomic E-state index is 15.2. The number of H-pyrrole nitrogens is 3. The number of thioether (sulfide) groups is 2. The second kappa shape index (κ2) is 31.9. The van der Waals surface area contributed by atoms with Gasteiger partial charge in [0.2, 0.25) is 59.1 Å². The molecule has 10 amide bonds. The summed E-state index contributed by atoms with van der Waals surface area (Å²) in [5, 5.41) is 42.4. The fourth-order valence-corrected chi connectivity index (χ4v) is 14.1. The van der Waals surface area contributed by atoms with Crippen LogP contribution in [0.1, 0.15) is 85.4 Å². The lowest BCUT2D eigenvalue weighted by molar-refractivity contribution is -0.147. The van der Waals surface area contributed by atoms with Crippen molar-refractivity contribution in [3.63, 3.8) is 0 Å². The van der Waals surface area contributed by atoms with Crippen LogP contribution in [-0.4, -0.2) is 172 Å². The summed E-state index contributed by atoms with van der Waals surface area (Å²) in [4.78, 5) is 171. The zero-order valence-electron chi connectivity index (χ0n) is 53.8. The molecule has 7 atom stereocenters. The zero-order valence-corrected chi connectivity index (χ0v) is 55.4. The van der Waals surface area contributed by atoms with Gasteiger partial charge in [-0.25, -0.2) is 13.8 Å². The molecule has 27 nitrogen and oxygen atoms in total. The van der Waals surface area contributed by atoms with Gasteiger partial charge in [0.15, 0.2) is 0 Å². The monoisotopic (exact) mass is 1400 g/mol. The Morgan fingerprint density at radius 1 is 0.667 bits per heavy atom. The average Bonchev–Trinajstić information content (AvgIpc) is 1.81. The minimum Gasteiger partial charge on any atom is -0.508 e. The first-order valence-corrected chi connectivity index (χ1v) is 34.5. The number of carbonyl (C=O) groups excluding carboxylic acids is 10. The Morgan fingerprint density at radius 3 is 1.93 bits per heavy atom. The first-order valence-electron chi connectivity index (χ1n) is 32.2. The molecular formula is C68H76F2N14O13S2. The highest BCUT2D eigenvalue weighted by atomic mass is 32.2. The minimum absolute atomic E-state index is 0.0128. The summed E-state index contributed by atoms with van der Waals surface area (Å²) in [5.41, 5.74) is 7.22. The van der Waals surface area contributed by atoms with E-state index in [-0.39, 0.29) is 79.6 Å². The van der Waals surface area contributed by atoms with Crippen molar-refractivity contribution in [3.05, 3.63) is 155 Å². The van der Waals surface area contributed by atoms with Crippen LogP contribution in [0.3, 0.4) is 0 Å². The lowest BCUT2D eigenvalue weighted by Gasteiger charge is -2.37.